The second-order valence-corrected chi connectivity index (χ2v) is 10.6. The molecule has 0 bridgehead atoms. The van der Waals surface area contributed by atoms with Gasteiger partial charge in [0.15, 0.2) is 0 Å². The number of aromatic amines is 1. The van der Waals surface area contributed by atoms with Crippen molar-refractivity contribution < 1.29 is 0 Å². The fourth-order valence-corrected chi connectivity index (χ4v) is 6.14. The minimum Gasteiger partial charge on any atom is -0.361 e. The Balaban J connectivity index is 2.03. The first-order valence-corrected chi connectivity index (χ1v) is 11.2. The van der Waals surface area contributed by atoms with E-state index in [0.717, 1.165) is 6.54 Å². The number of aromatic nitrogens is 1. The lowest BCUT2D eigenvalue weighted by molar-refractivity contribution is 0.242. The molecule has 22 heavy (non-hydrogen) atoms. The lowest BCUT2D eigenvalue weighted by Gasteiger charge is -2.40. The van der Waals surface area contributed by atoms with Crippen molar-refractivity contribution in [2.75, 3.05) is 6.54 Å². The third-order valence-electron chi connectivity index (χ3n) is 4.82. The normalized spacial score (nSPS) is 17.2. The molecule has 1 N–H and O–H groups in total. The first-order chi connectivity index (χ1) is 10.3. The van der Waals surface area contributed by atoms with Crippen LogP contribution >= 0.6 is 0 Å². The van der Waals surface area contributed by atoms with E-state index < -0.39 is 8.96 Å². The van der Waals surface area contributed by atoms with Crippen molar-refractivity contribution in [1.82, 2.24) is 9.55 Å². The van der Waals surface area contributed by atoms with E-state index in [1.807, 2.05) is 0 Å². The second-order valence-electron chi connectivity index (χ2n) is 7.84. The van der Waals surface area contributed by atoms with Gasteiger partial charge in [-0.25, -0.2) is 0 Å². The smallest absolute Gasteiger partial charge is 0.106 e. The molecule has 0 aliphatic heterocycles. The summed E-state index contributed by atoms with van der Waals surface area (Å²) in [5.74, 6) is 0.481. The molecule has 3 heteroatoms. The molecule has 1 aliphatic rings. The van der Waals surface area contributed by atoms with Gasteiger partial charge >= 0.3 is 0 Å². The van der Waals surface area contributed by atoms with Crippen LogP contribution in [-0.4, -0.2) is 30.6 Å². The topological polar surface area (TPSA) is 19.0 Å². The molecule has 118 valence electrons. The van der Waals surface area contributed by atoms with Crippen LogP contribution in [0.3, 0.4) is 0 Å². The fourth-order valence-electron chi connectivity index (χ4n) is 3.96. The van der Waals surface area contributed by atoms with E-state index in [0.29, 0.717) is 5.92 Å². The van der Waals surface area contributed by atoms with E-state index in [-0.39, 0.29) is 5.54 Å². The number of benzene rings is 1. The third-order valence-corrected chi connectivity index (χ3v) is 7.05. The van der Waals surface area contributed by atoms with Crippen molar-refractivity contribution in [1.29, 1.82) is 0 Å². The summed E-state index contributed by atoms with van der Waals surface area (Å²) in [7, 11) is -0.869. The Labute approximate surface area is 136 Å². The van der Waals surface area contributed by atoms with Gasteiger partial charge in [-0.15, -0.1) is 0 Å². The fraction of sp³-hybridized carbons (Fsp3) is 0.474. The van der Waals surface area contributed by atoms with Gasteiger partial charge in [0.25, 0.3) is 0 Å². The zero-order valence-electron chi connectivity index (χ0n) is 14.7. The number of H-pyrrole nitrogens is 1. The van der Waals surface area contributed by atoms with Gasteiger partial charge in [-0.3, -0.25) is 0 Å². The average Bonchev–Trinajstić information content (AvgIpc) is 2.90. The van der Waals surface area contributed by atoms with E-state index in [9.17, 15) is 0 Å². The highest BCUT2D eigenvalue weighted by molar-refractivity contribution is 6.52. The Kier molecular flexibility index (Phi) is 3.82. The summed E-state index contributed by atoms with van der Waals surface area (Å²) in [6.07, 6.45) is 0. The maximum absolute atomic E-state index is 3.64. The van der Waals surface area contributed by atoms with E-state index in [4.69, 9.17) is 0 Å². The van der Waals surface area contributed by atoms with Crippen LogP contribution in [0.25, 0.3) is 11.1 Å². The molecule has 1 aromatic carbocycles. The Bertz CT molecular complexity index is 679. The maximum Gasteiger partial charge on any atom is 0.106 e. The summed E-state index contributed by atoms with van der Waals surface area (Å²) in [4.78, 5) is 3.64. The molecule has 1 unspecified atom stereocenters. The van der Waals surface area contributed by atoms with Crippen molar-refractivity contribution in [2.45, 2.75) is 52.2 Å². The van der Waals surface area contributed by atoms with Crippen LogP contribution in [0.15, 0.2) is 30.3 Å². The highest BCUT2D eigenvalue weighted by atomic mass is 28.3. The number of aryl methyl sites for hydroxylation is 1. The average molecular weight is 313 g/mol. The van der Waals surface area contributed by atoms with Crippen LogP contribution in [0, 0.1) is 6.92 Å². The van der Waals surface area contributed by atoms with Gasteiger partial charge < -0.3 is 9.55 Å². The van der Waals surface area contributed by atoms with Crippen LogP contribution in [0.1, 0.15) is 43.6 Å². The Morgan fingerprint density at radius 2 is 1.82 bits per heavy atom. The lowest BCUT2D eigenvalue weighted by Crippen LogP contribution is -2.50. The third kappa shape index (κ3) is 2.57. The van der Waals surface area contributed by atoms with Crippen molar-refractivity contribution >= 4 is 8.96 Å². The van der Waals surface area contributed by atoms with Gasteiger partial charge in [0.2, 0.25) is 0 Å². The summed E-state index contributed by atoms with van der Waals surface area (Å²) in [5, 5.41) is 0. The van der Waals surface area contributed by atoms with Crippen molar-refractivity contribution in [3.05, 3.63) is 47.3 Å². The van der Waals surface area contributed by atoms with Crippen LogP contribution in [0.5, 0.6) is 0 Å². The highest BCUT2D eigenvalue weighted by Gasteiger charge is 2.34. The van der Waals surface area contributed by atoms with Gasteiger partial charge in [-0.1, -0.05) is 37.4 Å². The molecule has 1 heterocycles. The van der Waals surface area contributed by atoms with Crippen molar-refractivity contribution in [3.63, 3.8) is 0 Å². The van der Waals surface area contributed by atoms with Crippen LogP contribution in [0.4, 0.5) is 0 Å². The van der Waals surface area contributed by atoms with Gasteiger partial charge in [0.05, 0.1) is 0 Å². The highest BCUT2D eigenvalue weighted by Crippen LogP contribution is 2.45. The van der Waals surface area contributed by atoms with E-state index >= 15 is 0 Å². The molecule has 0 fully saturated rings. The number of fused-ring (bicyclic) bond motifs is 3. The van der Waals surface area contributed by atoms with Gasteiger partial charge in [-0.2, -0.15) is 0 Å². The van der Waals surface area contributed by atoms with Crippen molar-refractivity contribution in [2.24, 2.45) is 0 Å². The summed E-state index contributed by atoms with van der Waals surface area (Å²) in [6.45, 7) is 15.2. The molecular weight excluding hydrogens is 284 g/mol. The number of nitrogens with one attached hydrogen (secondary N) is 1. The molecule has 3 rings (SSSR count). The molecule has 1 aliphatic carbocycles. The predicted molar refractivity (Wildman–Crippen MR) is 98.1 cm³/mol. The zero-order chi connectivity index (χ0) is 16.1. The molecular formula is C19H28N2Si. The van der Waals surface area contributed by atoms with Gasteiger partial charge in [-0.05, 0) is 44.9 Å². The molecule has 2 nitrogen and oxygen atoms in total. The molecule has 1 aromatic heterocycles. The molecule has 1 atom stereocenters. The Morgan fingerprint density at radius 3 is 2.45 bits per heavy atom. The Morgan fingerprint density at radius 1 is 1.14 bits per heavy atom. The number of nitrogens with zero attached hydrogens (tertiary/aromatic N) is 1. The number of rotatable bonds is 3. The molecule has 0 saturated carbocycles. The molecule has 0 spiro atoms. The molecule has 2 aromatic rings. The summed E-state index contributed by atoms with van der Waals surface area (Å²) in [6, 6.07) is 11.2. The lowest BCUT2D eigenvalue weighted by atomic mass is 9.98. The Hall–Kier alpha value is -1.32. The molecule has 0 saturated heterocycles. The van der Waals surface area contributed by atoms with Crippen molar-refractivity contribution in [3.8, 4) is 11.1 Å². The number of hydrogen-bond donors (Lipinski definition) is 1. The molecule has 0 amide bonds. The predicted octanol–water partition coefficient (Wildman–Crippen LogP) is 4.52. The van der Waals surface area contributed by atoms with E-state index in [2.05, 4.69) is 80.7 Å². The van der Waals surface area contributed by atoms with Crippen LogP contribution in [0.2, 0.25) is 13.1 Å². The first-order valence-electron chi connectivity index (χ1n) is 8.34. The standard InChI is InChI=1S/C19H28N2Si/c1-13-11-16-14-9-7-8-10-15(14)17(18(16)20-13)12-21(22(5)6)19(2,3)4/h7-11,17,20,22H,12H2,1-6H3. The molecule has 0 radical (unpaired) electrons. The van der Waals surface area contributed by atoms with E-state index in [1.54, 1.807) is 0 Å². The largest absolute Gasteiger partial charge is 0.361 e. The summed E-state index contributed by atoms with van der Waals surface area (Å²) in [5.41, 5.74) is 7.26. The van der Waals surface area contributed by atoms with Gasteiger partial charge in [0, 0.05) is 35.0 Å². The second kappa shape index (κ2) is 5.39. The monoisotopic (exact) mass is 312 g/mol. The van der Waals surface area contributed by atoms with Crippen LogP contribution in [-0.2, 0) is 0 Å². The quantitative estimate of drug-likeness (QED) is 0.826. The minimum absolute atomic E-state index is 0.236. The SMILES string of the molecule is Cc1cc2c([nH]1)C(CN([SiH](C)C)C(C)(C)C)c1ccccc1-2. The summed E-state index contributed by atoms with van der Waals surface area (Å²) >= 11 is 0. The number of hydrogen-bond acceptors (Lipinski definition) is 1. The summed E-state index contributed by atoms with van der Waals surface area (Å²) < 4.78 is 2.75. The van der Waals surface area contributed by atoms with Gasteiger partial charge in [0.1, 0.15) is 8.96 Å². The van der Waals surface area contributed by atoms with Crippen LogP contribution < -0.4 is 0 Å². The minimum atomic E-state index is -0.869. The zero-order valence-corrected chi connectivity index (χ0v) is 15.9. The van der Waals surface area contributed by atoms with E-state index in [1.165, 1.54) is 28.1 Å². The first kappa shape index (κ1) is 15.6. The maximum atomic E-state index is 3.64.